The highest BCUT2D eigenvalue weighted by atomic mass is 32.2. The SMILES string of the molecule is CC1CN(C(=O)c2c(O)cccc2F)CCS1. The van der Waals surface area contributed by atoms with Gasteiger partial charge in [0.25, 0.3) is 5.91 Å². The first-order chi connectivity index (χ1) is 8.09. The molecule has 2 rings (SSSR count). The van der Waals surface area contributed by atoms with E-state index in [4.69, 9.17) is 0 Å². The van der Waals surface area contributed by atoms with E-state index >= 15 is 0 Å². The monoisotopic (exact) mass is 255 g/mol. The highest BCUT2D eigenvalue weighted by molar-refractivity contribution is 7.99. The molecule has 0 spiro atoms. The molecule has 3 nitrogen and oxygen atoms in total. The number of aromatic hydroxyl groups is 1. The highest BCUT2D eigenvalue weighted by Gasteiger charge is 2.26. The lowest BCUT2D eigenvalue weighted by Crippen LogP contribution is -2.41. The molecule has 0 radical (unpaired) electrons. The van der Waals surface area contributed by atoms with Gasteiger partial charge in [0.15, 0.2) is 0 Å². The molecule has 1 aromatic rings. The summed E-state index contributed by atoms with van der Waals surface area (Å²) in [7, 11) is 0. The van der Waals surface area contributed by atoms with E-state index in [1.54, 1.807) is 16.7 Å². The molecule has 1 N–H and O–H groups in total. The van der Waals surface area contributed by atoms with E-state index in [1.807, 2.05) is 6.92 Å². The van der Waals surface area contributed by atoms with Crippen molar-refractivity contribution in [1.29, 1.82) is 0 Å². The maximum absolute atomic E-state index is 13.5. The summed E-state index contributed by atoms with van der Waals surface area (Å²) < 4.78 is 13.5. The summed E-state index contributed by atoms with van der Waals surface area (Å²) in [5, 5.41) is 9.91. The number of hydrogen-bond donors (Lipinski definition) is 1. The summed E-state index contributed by atoms with van der Waals surface area (Å²) in [6, 6.07) is 3.91. The Morgan fingerprint density at radius 3 is 3.00 bits per heavy atom. The van der Waals surface area contributed by atoms with Gasteiger partial charge in [0.1, 0.15) is 17.1 Å². The van der Waals surface area contributed by atoms with Gasteiger partial charge in [-0.3, -0.25) is 4.79 Å². The van der Waals surface area contributed by atoms with E-state index in [-0.39, 0.29) is 11.3 Å². The molecular weight excluding hydrogens is 241 g/mol. The van der Waals surface area contributed by atoms with Crippen LogP contribution in [0.3, 0.4) is 0 Å². The van der Waals surface area contributed by atoms with Crippen molar-refractivity contribution in [2.45, 2.75) is 12.2 Å². The number of amides is 1. The van der Waals surface area contributed by atoms with Gasteiger partial charge in [0.2, 0.25) is 0 Å². The maximum Gasteiger partial charge on any atom is 0.260 e. The number of carbonyl (C=O) groups excluding carboxylic acids is 1. The van der Waals surface area contributed by atoms with Crippen LogP contribution in [0.5, 0.6) is 5.75 Å². The van der Waals surface area contributed by atoms with Gasteiger partial charge >= 0.3 is 0 Å². The molecule has 0 aromatic heterocycles. The van der Waals surface area contributed by atoms with Gasteiger partial charge < -0.3 is 10.0 Å². The van der Waals surface area contributed by atoms with Gasteiger partial charge in [-0.1, -0.05) is 13.0 Å². The van der Waals surface area contributed by atoms with Crippen LogP contribution in [0.25, 0.3) is 0 Å². The molecule has 1 atom stereocenters. The van der Waals surface area contributed by atoms with Crippen LogP contribution in [0, 0.1) is 5.82 Å². The Kier molecular flexibility index (Phi) is 3.57. The minimum atomic E-state index is -0.666. The second kappa shape index (κ2) is 4.96. The third kappa shape index (κ3) is 2.54. The summed E-state index contributed by atoms with van der Waals surface area (Å²) in [6.45, 7) is 3.23. The first-order valence-electron chi connectivity index (χ1n) is 5.48. The van der Waals surface area contributed by atoms with Crippen molar-refractivity contribution in [2.24, 2.45) is 0 Å². The van der Waals surface area contributed by atoms with Crippen LogP contribution in [0.2, 0.25) is 0 Å². The normalized spacial score (nSPS) is 20.4. The Bertz CT molecular complexity index is 418. The number of nitrogens with zero attached hydrogens (tertiary/aromatic N) is 1. The van der Waals surface area contributed by atoms with Crippen molar-refractivity contribution >= 4 is 17.7 Å². The average Bonchev–Trinajstić information content (AvgIpc) is 2.28. The highest BCUT2D eigenvalue weighted by Crippen LogP contribution is 2.25. The standard InChI is InChI=1S/C12H14FNO2S/c1-8-7-14(5-6-17-8)12(16)11-9(13)3-2-4-10(11)15/h2-4,8,15H,5-7H2,1H3. The van der Waals surface area contributed by atoms with E-state index in [9.17, 15) is 14.3 Å². The van der Waals surface area contributed by atoms with Crippen molar-refractivity contribution in [3.63, 3.8) is 0 Å². The largest absolute Gasteiger partial charge is 0.507 e. The molecule has 0 saturated carbocycles. The Morgan fingerprint density at radius 2 is 2.35 bits per heavy atom. The smallest absolute Gasteiger partial charge is 0.260 e. The van der Waals surface area contributed by atoms with Gasteiger partial charge in [0, 0.05) is 24.1 Å². The fourth-order valence-electron chi connectivity index (χ4n) is 1.89. The fourth-order valence-corrected chi connectivity index (χ4v) is 2.90. The number of phenolic OH excluding ortho intramolecular Hbond substituents is 1. The topological polar surface area (TPSA) is 40.5 Å². The summed E-state index contributed by atoms with van der Waals surface area (Å²) in [5.41, 5.74) is -0.216. The first-order valence-corrected chi connectivity index (χ1v) is 6.53. The number of benzene rings is 1. The number of rotatable bonds is 1. The zero-order valence-corrected chi connectivity index (χ0v) is 10.3. The van der Waals surface area contributed by atoms with Crippen molar-refractivity contribution in [2.75, 3.05) is 18.8 Å². The lowest BCUT2D eigenvalue weighted by atomic mass is 10.1. The Hall–Kier alpha value is -1.23. The van der Waals surface area contributed by atoms with Crippen LogP contribution < -0.4 is 0 Å². The molecule has 92 valence electrons. The Balaban J connectivity index is 2.24. The lowest BCUT2D eigenvalue weighted by Gasteiger charge is -2.30. The first kappa shape index (κ1) is 12.2. The van der Waals surface area contributed by atoms with Crippen LogP contribution >= 0.6 is 11.8 Å². The molecule has 1 fully saturated rings. The number of halogens is 1. The van der Waals surface area contributed by atoms with Crippen molar-refractivity contribution < 1.29 is 14.3 Å². The van der Waals surface area contributed by atoms with Crippen LogP contribution in [0.15, 0.2) is 18.2 Å². The molecule has 1 saturated heterocycles. The lowest BCUT2D eigenvalue weighted by molar-refractivity contribution is 0.0755. The third-order valence-electron chi connectivity index (χ3n) is 2.73. The van der Waals surface area contributed by atoms with Crippen LogP contribution in [0.4, 0.5) is 4.39 Å². The van der Waals surface area contributed by atoms with Gasteiger partial charge in [-0.25, -0.2) is 4.39 Å². The van der Waals surface area contributed by atoms with Crippen molar-refractivity contribution in [1.82, 2.24) is 4.90 Å². The molecule has 1 amide bonds. The number of carbonyl (C=O) groups is 1. The average molecular weight is 255 g/mol. The Labute approximate surface area is 104 Å². The predicted octanol–water partition coefficient (Wildman–Crippen LogP) is 2.11. The van der Waals surface area contributed by atoms with E-state index in [0.29, 0.717) is 18.3 Å². The predicted molar refractivity (Wildman–Crippen MR) is 65.9 cm³/mol. The van der Waals surface area contributed by atoms with Crippen LogP contribution in [-0.4, -0.2) is 40.0 Å². The molecule has 1 heterocycles. The summed E-state index contributed by atoms with van der Waals surface area (Å²) >= 11 is 1.79. The third-order valence-corrected chi connectivity index (χ3v) is 3.87. The minimum absolute atomic E-state index is 0.216. The molecular formula is C12H14FNO2S. The molecule has 17 heavy (non-hydrogen) atoms. The van der Waals surface area contributed by atoms with Gasteiger partial charge in [0.05, 0.1) is 0 Å². The van der Waals surface area contributed by atoms with Crippen LogP contribution in [0.1, 0.15) is 17.3 Å². The summed E-state index contributed by atoms with van der Waals surface area (Å²) in [4.78, 5) is 13.7. The number of thioether (sulfide) groups is 1. The quantitative estimate of drug-likeness (QED) is 0.835. The zero-order chi connectivity index (χ0) is 12.4. The summed E-state index contributed by atoms with van der Waals surface area (Å²) in [6.07, 6.45) is 0. The molecule has 1 unspecified atom stereocenters. The second-order valence-corrected chi connectivity index (χ2v) is 5.61. The van der Waals surface area contributed by atoms with E-state index in [2.05, 4.69) is 0 Å². The molecule has 1 aliphatic rings. The van der Waals surface area contributed by atoms with Crippen LogP contribution in [-0.2, 0) is 0 Å². The Morgan fingerprint density at radius 1 is 1.59 bits per heavy atom. The number of hydrogen-bond acceptors (Lipinski definition) is 3. The van der Waals surface area contributed by atoms with Crippen molar-refractivity contribution in [3.8, 4) is 5.75 Å². The minimum Gasteiger partial charge on any atom is -0.507 e. The van der Waals surface area contributed by atoms with Gasteiger partial charge in [-0.05, 0) is 12.1 Å². The fraction of sp³-hybridized carbons (Fsp3) is 0.417. The molecule has 5 heteroatoms. The van der Waals surface area contributed by atoms with E-state index < -0.39 is 11.7 Å². The van der Waals surface area contributed by atoms with E-state index in [1.165, 1.54) is 18.2 Å². The maximum atomic E-state index is 13.5. The molecule has 1 aliphatic heterocycles. The van der Waals surface area contributed by atoms with Gasteiger partial charge in [-0.15, -0.1) is 0 Å². The second-order valence-electron chi connectivity index (χ2n) is 4.07. The molecule has 1 aromatic carbocycles. The molecule has 0 aliphatic carbocycles. The van der Waals surface area contributed by atoms with Crippen molar-refractivity contribution in [3.05, 3.63) is 29.6 Å². The summed E-state index contributed by atoms with van der Waals surface area (Å²) in [5.74, 6) is -0.531. The van der Waals surface area contributed by atoms with Gasteiger partial charge in [-0.2, -0.15) is 11.8 Å². The molecule has 0 bridgehead atoms. The van der Waals surface area contributed by atoms with E-state index in [0.717, 1.165) is 5.75 Å². The number of phenols is 1. The zero-order valence-electron chi connectivity index (χ0n) is 9.52.